The van der Waals surface area contributed by atoms with Crippen LogP contribution in [0.25, 0.3) is 0 Å². The maximum atomic E-state index is 11.7. The molecule has 5 heteroatoms. The van der Waals surface area contributed by atoms with E-state index in [-0.39, 0.29) is 11.8 Å². The quantitative estimate of drug-likeness (QED) is 0.782. The van der Waals surface area contributed by atoms with Gasteiger partial charge in [0.1, 0.15) is 11.6 Å². The van der Waals surface area contributed by atoms with Crippen LogP contribution < -0.4 is 0 Å². The number of amides is 1. The molecule has 17 heavy (non-hydrogen) atoms. The van der Waals surface area contributed by atoms with Crippen molar-refractivity contribution >= 4 is 28.8 Å². The summed E-state index contributed by atoms with van der Waals surface area (Å²) in [5, 5.41) is 1.99. The lowest BCUT2D eigenvalue weighted by Crippen LogP contribution is -2.30. The number of alkyl halides is 1. The van der Waals surface area contributed by atoms with Crippen molar-refractivity contribution in [2.75, 3.05) is 5.88 Å². The van der Waals surface area contributed by atoms with Crippen molar-refractivity contribution < 1.29 is 9.21 Å². The van der Waals surface area contributed by atoms with Gasteiger partial charge < -0.3 is 9.32 Å². The monoisotopic (exact) mass is 269 g/mol. The summed E-state index contributed by atoms with van der Waals surface area (Å²) in [5.74, 6) is 0.669. The van der Waals surface area contributed by atoms with Crippen molar-refractivity contribution in [3.63, 3.8) is 0 Å². The molecule has 90 valence electrons. The Balaban J connectivity index is 2.05. The molecule has 0 aromatic carbocycles. The Hall–Kier alpha value is -1.26. The lowest BCUT2D eigenvalue weighted by Gasteiger charge is -2.19. The van der Waals surface area contributed by atoms with Gasteiger partial charge in [0.15, 0.2) is 0 Å². The van der Waals surface area contributed by atoms with E-state index in [2.05, 4.69) is 0 Å². The minimum atomic E-state index is -0.0866. The Labute approximate surface area is 109 Å². The third-order valence-corrected chi connectivity index (χ3v) is 3.41. The molecule has 0 fully saturated rings. The first kappa shape index (κ1) is 12.2. The van der Waals surface area contributed by atoms with Crippen LogP contribution in [0.15, 0.2) is 40.3 Å². The van der Waals surface area contributed by atoms with Gasteiger partial charge in [-0.05, 0) is 23.6 Å². The number of thiophene rings is 1. The minimum absolute atomic E-state index is 0.00785. The summed E-state index contributed by atoms with van der Waals surface area (Å²) in [4.78, 5) is 14.5. The predicted octanol–water partition coefficient (Wildman–Crippen LogP) is 3.11. The van der Waals surface area contributed by atoms with Crippen LogP contribution in [-0.4, -0.2) is 16.7 Å². The molecule has 0 aliphatic carbocycles. The molecule has 0 radical (unpaired) electrons. The van der Waals surface area contributed by atoms with Crippen LogP contribution in [0.4, 0.5) is 0 Å². The predicted molar refractivity (Wildman–Crippen MR) is 68.0 cm³/mol. The van der Waals surface area contributed by atoms with Crippen molar-refractivity contribution in [2.24, 2.45) is 0 Å². The average molecular weight is 270 g/mol. The molecule has 0 N–H and O–H groups in total. The van der Waals surface area contributed by atoms with Gasteiger partial charge in [-0.25, -0.2) is 0 Å². The van der Waals surface area contributed by atoms with Gasteiger partial charge in [-0.2, -0.15) is 0 Å². The molecule has 0 aliphatic heterocycles. The van der Waals surface area contributed by atoms with Crippen molar-refractivity contribution in [1.82, 2.24) is 4.90 Å². The SMILES string of the molecule is O=C(CCl)N(Cc1ccco1)Cc1cccs1. The van der Waals surface area contributed by atoms with E-state index in [0.717, 1.165) is 10.6 Å². The number of rotatable bonds is 5. The maximum Gasteiger partial charge on any atom is 0.238 e. The van der Waals surface area contributed by atoms with Crippen molar-refractivity contribution in [1.29, 1.82) is 0 Å². The van der Waals surface area contributed by atoms with E-state index in [9.17, 15) is 4.79 Å². The first-order valence-electron chi connectivity index (χ1n) is 5.18. The second-order valence-electron chi connectivity index (χ2n) is 3.54. The molecule has 3 nitrogen and oxygen atoms in total. The van der Waals surface area contributed by atoms with E-state index >= 15 is 0 Å². The molecule has 0 aliphatic rings. The molecule has 0 spiro atoms. The Kier molecular flexibility index (Phi) is 4.23. The van der Waals surface area contributed by atoms with Crippen LogP contribution >= 0.6 is 22.9 Å². The Morgan fingerprint density at radius 1 is 1.35 bits per heavy atom. The topological polar surface area (TPSA) is 33.5 Å². The van der Waals surface area contributed by atoms with Gasteiger partial charge in [0.2, 0.25) is 5.91 Å². The van der Waals surface area contributed by atoms with Crippen LogP contribution in [0.5, 0.6) is 0 Å². The van der Waals surface area contributed by atoms with Crippen LogP contribution in [0, 0.1) is 0 Å². The summed E-state index contributed by atoms with van der Waals surface area (Å²) in [6, 6.07) is 7.63. The zero-order valence-electron chi connectivity index (χ0n) is 9.14. The number of halogens is 1. The molecule has 2 aromatic rings. The highest BCUT2D eigenvalue weighted by molar-refractivity contribution is 7.09. The first-order valence-corrected chi connectivity index (χ1v) is 6.59. The lowest BCUT2D eigenvalue weighted by molar-refractivity contribution is -0.129. The van der Waals surface area contributed by atoms with Gasteiger partial charge in [0, 0.05) is 4.88 Å². The van der Waals surface area contributed by atoms with Gasteiger partial charge in [-0.15, -0.1) is 22.9 Å². The van der Waals surface area contributed by atoms with Gasteiger partial charge in [0.05, 0.1) is 19.4 Å². The summed E-state index contributed by atoms with van der Waals surface area (Å²) in [6.07, 6.45) is 1.60. The molecule has 0 saturated carbocycles. The summed E-state index contributed by atoms with van der Waals surface area (Å²) < 4.78 is 5.24. The van der Waals surface area contributed by atoms with Gasteiger partial charge in [-0.3, -0.25) is 4.79 Å². The number of carbonyl (C=O) groups excluding carboxylic acids is 1. The standard InChI is InChI=1S/C12H12ClNO2S/c13-7-12(15)14(8-10-3-1-5-16-10)9-11-4-2-6-17-11/h1-6H,7-9H2. The van der Waals surface area contributed by atoms with E-state index in [4.69, 9.17) is 16.0 Å². The highest BCUT2D eigenvalue weighted by Crippen LogP contribution is 2.15. The fourth-order valence-corrected chi connectivity index (χ4v) is 2.39. The lowest BCUT2D eigenvalue weighted by atomic mass is 10.3. The molecule has 0 bridgehead atoms. The molecule has 0 unspecified atom stereocenters. The zero-order chi connectivity index (χ0) is 12.1. The second-order valence-corrected chi connectivity index (χ2v) is 4.84. The molecule has 0 saturated heterocycles. The molecule has 2 rings (SSSR count). The van der Waals surface area contributed by atoms with Crippen molar-refractivity contribution in [2.45, 2.75) is 13.1 Å². The first-order chi connectivity index (χ1) is 8.29. The largest absolute Gasteiger partial charge is 0.467 e. The maximum absolute atomic E-state index is 11.7. The Morgan fingerprint density at radius 3 is 2.82 bits per heavy atom. The molecular weight excluding hydrogens is 258 g/mol. The third kappa shape index (κ3) is 3.35. The summed E-state index contributed by atoms with van der Waals surface area (Å²) in [5.41, 5.74) is 0. The highest BCUT2D eigenvalue weighted by Gasteiger charge is 2.15. The Morgan fingerprint density at radius 2 is 2.24 bits per heavy atom. The number of nitrogens with zero attached hydrogens (tertiary/aromatic N) is 1. The minimum Gasteiger partial charge on any atom is -0.467 e. The number of hydrogen-bond acceptors (Lipinski definition) is 3. The normalized spacial score (nSPS) is 10.4. The second kappa shape index (κ2) is 5.89. The fourth-order valence-electron chi connectivity index (χ4n) is 1.50. The van der Waals surface area contributed by atoms with E-state index < -0.39 is 0 Å². The van der Waals surface area contributed by atoms with E-state index in [0.29, 0.717) is 13.1 Å². The average Bonchev–Trinajstić information content (AvgIpc) is 3.00. The van der Waals surface area contributed by atoms with Crippen molar-refractivity contribution in [3.8, 4) is 0 Å². The van der Waals surface area contributed by atoms with Crippen LogP contribution in [0.2, 0.25) is 0 Å². The molecular formula is C12H12ClNO2S. The highest BCUT2D eigenvalue weighted by atomic mass is 35.5. The number of carbonyl (C=O) groups is 1. The molecule has 2 heterocycles. The van der Waals surface area contributed by atoms with E-state index in [1.54, 1.807) is 22.5 Å². The van der Waals surface area contributed by atoms with Crippen LogP contribution in [-0.2, 0) is 17.9 Å². The van der Waals surface area contributed by atoms with Gasteiger partial charge in [-0.1, -0.05) is 6.07 Å². The van der Waals surface area contributed by atoms with E-state index in [1.807, 2.05) is 29.6 Å². The van der Waals surface area contributed by atoms with Crippen molar-refractivity contribution in [3.05, 3.63) is 46.5 Å². The smallest absolute Gasteiger partial charge is 0.238 e. The Bertz CT molecular complexity index is 417. The summed E-state index contributed by atoms with van der Waals surface area (Å²) in [6.45, 7) is 1.03. The number of furan rings is 1. The molecule has 2 aromatic heterocycles. The van der Waals surface area contributed by atoms with E-state index in [1.165, 1.54) is 0 Å². The van der Waals surface area contributed by atoms with Crippen LogP contribution in [0.1, 0.15) is 10.6 Å². The fraction of sp³-hybridized carbons (Fsp3) is 0.250. The van der Waals surface area contributed by atoms with Gasteiger partial charge in [0.25, 0.3) is 0 Å². The third-order valence-electron chi connectivity index (χ3n) is 2.32. The van der Waals surface area contributed by atoms with Gasteiger partial charge >= 0.3 is 0 Å². The van der Waals surface area contributed by atoms with Crippen LogP contribution in [0.3, 0.4) is 0 Å². The number of hydrogen-bond donors (Lipinski definition) is 0. The molecule has 0 atom stereocenters. The summed E-state index contributed by atoms with van der Waals surface area (Å²) in [7, 11) is 0. The summed E-state index contributed by atoms with van der Waals surface area (Å²) >= 11 is 7.23. The zero-order valence-corrected chi connectivity index (χ0v) is 10.7. The molecule has 1 amide bonds.